The Hall–Kier alpha value is -1.76. The lowest BCUT2D eigenvalue weighted by Gasteiger charge is -2.21. The Morgan fingerprint density at radius 2 is 2.15 bits per heavy atom. The molecular weight excluding hydrogens is 326 g/mol. The summed E-state index contributed by atoms with van der Waals surface area (Å²) in [5, 5.41) is 14.4. The van der Waals surface area contributed by atoms with Gasteiger partial charge in [0.25, 0.3) is 5.91 Å². The maximum Gasteiger partial charge on any atom is 0.255 e. The number of ether oxygens (including phenoxy) is 1. The number of carbonyl (C=O) groups is 1. The largest absolute Gasteiger partial charge is 0.496 e. The molecule has 20 heavy (non-hydrogen) atoms. The van der Waals surface area contributed by atoms with Crippen molar-refractivity contribution >= 4 is 27.7 Å². The summed E-state index contributed by atoms with van der Waals surface area (Å²) in [5.41, 5.74) is 5.97. The molecule has 0 saturated carbocycles. The van der Waals surface area contributed by atoms with Crippen molar-refractivity contribution in [2.24, 2.45) is 16.8 Å². The Labute approximate surface area is 126 Å². The molecule has 1 rings (SSSR count). The molecule has 0 aromatic heterocycles. The monoisotopic (exact) mass is 343 g/mol. The minimum absolute atomic E-state index is 0.0173. The van der Waals surface area contributed by atoms with Crippen molar-refractivity contribution in [3.8, 4) is 5.75 Å². The number of oxime groups is 1. The molecule has 1 amide bonds. The quantitative estimate of drug-likeness (QED) is 0.329. The summed E-state index contributed by atoms with van der Waals surface area (Å²) in [5.74, 6) is 0.0410. The van der Waals surface area contributed by atoms with Gasteiger partial charge in [0.15, 0.2) is 5.84 Å². The molecule has 0 saturated heterocycles. The van der Waals surface area contributed by atoms with Crippen molar-refractivity contribution in [2.45, 2.75) is 19.9 Å². The van der Waals surface area contributed by atoms with E-state index in [1.54, 1.807) is 18.2 Å². The second-order valence-electron chi connectivity index (χ2n) is 4.56. The van der Waals surface area contributed by atoms with Gasteiger partial charge in [-0.25, -0.2) is 0 Å². The van der Waals surface area contributed by atoms with E-state index in [0.29, 0.717) is 11.3 Å². The first-order valence-corrected chi connectivity index (χ1v) is 6.81. The highest BCUT2D eigenvalue weighted by atomic mass is 79.9. The number of rotatable bonds is 5. The number of nitrogens with one attached hydrogen (secondary N) is 1. The van der Waals surface area contributed by atoms with E-state index >= 15 is 0 Å². The number of hydrogen-bond donors (Lipinski definition) is 3. The van der Waals surface area contributed by atoms with E-state index in [2.05, 4.69) is 26.4 Å². The third-order valence-corrected chi connectivity index (χ3v) is 3.29. The maximum absolute atomic E-state index is 12.3. The van der Waals surface area contributed by atoms with Gasteiger partial charge in [-0.3, -0.25) is 4.79 Å². The standard InChI is InChI=1S/C13H18BrN3O3/c1-7(2)11(12(15)17-19)16-13(18)9-5-4-8(14)6-10(9)20-3/h4-7,11,19H,1-3H3,(H2,15,17)(H,16,18). The van der Waals surface area contributed by atoms with E-state index in [1.807, 2.05) is 13.8 Å². The van der Waals surface area contributed by atoms with E-state index in [1.165, 1.54) is 7.11 Å². The normalized spacial score (nSPS) is 13.2. The smallest absolute Gasteiger partial charge is 0.255 e. The third kappa shape index (κ3) is 3.86. The fraction of sp³-hybridized carbons (Fsp3) is 0.385. The number of hydrogen-bond acceptors (Lipinski definition) is 4. The van der Waals surface area contributed by atoms with E-state index in [9.17, 15) is 4.79 Å². The molecule has 110 valence electrons. The minimum atomic E-state index is -0.555. The molecule has 0 aliphatic carbocycles. The molecule has 0 aliphatic rings. The number of halogens is 1. The number of nitrogens with zero attached hydrogens (tertiary/aromatic N) is 1. The Morgan fingerprint density at radius 1 is 1.50 bits per heavy atom. The molecule has 4 N–H and O–H groups in total. The summed E-state index contributed by atoms with van der Waals surface area (Å²) < 4.78 is 5.98. The third-order valence-electron chi connectivity index (χ3n) is 2.80. The summed E-state index contributed by atoms with van der Waals surface area (Å²) in [6, 6.07) is 4.52. The van der Waals surface area contributed by atoms with Crippen LogP contribution in [0.5, 0.6) is 5.75 Å². The van der Waals surface area contributed by atoms with Crippen LogP contribution in [-0.2, 0) is 0 Å². The highest BCUT2D eigenvalue weighted by Crippen LogP contribution is 2.23. The molecule has 1 atom stereocenters. The lowest BCUT2D eigenvalue weighted by molar-refractivity contribution is 0.0935. The van der Waals surface area contributed by atoms with E-state index in [0.717, 1.165) is 4.47 Å². The van der Waals surface area contributed by atoms with Crippen molar-refractivity contribution in [1.29, 1.82) is 0 Å². The molecule has 1 aromatic carbocycles. The van der Waals surface area contributed by atoms with Crippen LogP contribution in [0.3, 0.4) is 0 Å². The first-order chi connectivity index (χ1) is 9.40. The molecule has 0 aliphatic heterocycles. The van der Waals surface area contributed by atoms with Gasteiger partial charge in [-0.2, -0.15) is 0 Å². The van der Waals surface area contributed by atoms with Crippen LogP contribution in [0.15, 0.2) is 27.8 Å². The zero-order chi connectivity index (χ0) is 15.3. The summed E-state index contributed by atoms with van der Waals surface area (Å²) in [4.78, 5) is 12.3. The molecule has 0 spiro atoms. The predicted octanol–water partition coefficient (Wildman–Crippen LogP) is 1.96. The van der Waals surface area contributed by atoms with Crippen LogP contribution in [0.2, 0.25) is 0 Å². The fourth-order valence-electron chi connectivity index (χ4n) is 1.72. The fourth-order valence-corrected chi connectivity index (χ4v) is 2.06. The lowest BCUT2D eigenvalue weighted by Crippen LogP contribution is -2.47. The number of benzene rings is 1. The SMILES string of the molecule is COc1cc(Br)ccc1C(=O)NC(/C(N)=N/O)C(C)C. The maximum atomic E-state index is 12.3. The van der Waals surface area contributed by atoms with Gasteiger partial charge >= 0.3 is 0 Å². The number of amides is 1. The molecule has 7 heteroatoms. The van der Waals surface area contributed by atoms with Gasteiger partial charge in [0, 0.05) is 4.47 Å². The topological polar surface area (TPSA) is 96.9 Å². The summed E-state index contributed by atoms with van der Waals surface area (Å²) in [7, 11) is 1.49. The average Bonchev–Trinajstić information content (AvgIpc) is 2.42. The number of carbonyl (C=O) groups excluding carboxylic acids is 1. The van der Waals surface area contributed by atoms with Crippen molar-refractivity contribution < 1.29 is 14.7 Å². The summed E-state index contributed by atoms with van der Waals surface area (Å²) in [6.07, 6.45) is 0. The van der Waals surface area contributed by atoms with E-state index < -0.39 is 6.04 Å². The van der Waals surface area contributed by atoms with Crippen molar-refractivity contribution in [3.05, 3.63) is 28.2 Å². The molecule has 0 radical (unpaired) electrons. The average molecular weight is 344 g/mol. The molecule has 1 aromatic rings. The Kier molecular flexibility index (Phi) is 5.82. The van der Waals surface area contributed by atoms with Crippen molar-refractivity contribution in [3.63, 3.8) is 0 Å². The molecular formula is C13H18BrN3O3. The van der Waals surface area contributed by atoms with E-state index in [-0.39, 0.29) is 17.7 Å². The first kappa shape index (κ1) is 16.3. The van der Waals surface area contributed by atoms with Crippen LogP contribution in [0.25, 0.3) is 0 Å². The van der Waals surface area contributed by atoms with Gasteiger partial charge < -0.3 is 21.0 Å². The zero-order valence-electron chi connectivity index (χ0n) is 11.6. The van der Waals surface area contributed by atoms with Crippen molar-refractivity contribution in [2.75, 3.05) is 7.11 Å². The van der Waals surface area contributed by atoms with Crippen LogP contribution < -0.4 is 15.8 Å². The van der Waals surface area contributed by atoms with Crippen LogP contribution in [0.1, 0.15) is 24.2 Å². The summed E-state index contributed by atoms with van der Waals surface area (Å²) in [6.45, 7) is 3.73. The van der Waals surface area contributed by atoms with Crippen LogP contribution >= 0.6 is 15.9 Å². The van der Waals surface area contributed by atoms with Gasteiger partial charge in [-0.05, 0) is 24.1 Å². The van der Waals surface area contributed by atoms with Crippen LogP contribution in [0, 0.1) is 5.92 Å². The first-order valence-electron chi connectivity index (χ1n) is 6.02. The number of methoxy groups -OCH3 is 1. The summed E-state index contributed by atoms with van der Waals surface area (Å²) >= 11 is 3.31. The second-order valence-corrected chi connectivity index (χ2v) is 5.48. The van der Waals surface area contributed by atoms with Gasteiger partial charge in [-0.15, -0.1) is 0 Å². The van der Waals surface area contributed by atoms with Gasteiger partial charge in [0.05, 0.1) is 18.7 Å². The Balaban J connectivity index is 3.01. The van der Waals surface area contributed by atoms with Crippen LogP contribution in [-0.4, -0.2) is 30.1 Å². The van der Waals surface area contributed by atoms with Crippen molar-refractivity contribution in [1.82, 2.24) is 5.32 Å². The predicted molar refractivity (Wildman–Crippen MR) is 80.2 cm³/mol. The molecule has 6 nitrogen and oxygen atoms in total. The van der Waals surface area contributed by atoms with Crippen LogP contribution in [0.4, 0.5) is 0 Å². The Morgan fingerprint density at radius 3 is 2.65 bits per heavy atom. The molecule has 1 unspecified atom stereocenters. The van der Waals surface area contributed by atoms with Gasteiger partial charge in [0.1, 0.15) is 5.75 Å². The molecule has 0 heterocycles. The van der Waals surface area contributed by atoms with E-state index in [4.69, 9.17) is 15.7 Å². The number of nitrogens with two attached hydrogens (primary N) is 1. The molecule has 0 fully saturated rings. The van der Waals surface area contributed by atoms with Gasteiger partial charge in [-0.1, -0.05) is 34.9 Å². The zero-order valence-corrected chi connectivity index (χ0v) is 13.1. The lowest BCUT2D eigenvalue weighted by atomic mass is 10.0. The minimum Gasteiger partial charge on any atom is -0.496 e. The number of amidine groups is 1. The highest BCUT2D eigenvalue weighted by Gasteiger charge is 2.23. The van der Waals surface area contributed by atoms with Gasteiger partial charge in [0.2, 0.25) is 0 Å². The molecule has 0 bridgehead atoms. The second kappa shape index (κ2) is 7.14. The highest BCUT2D eigenvalue weighted by molar-refractivity contribution is 9.10. The Bertz CT molecular complexity index is 518.